The van der Waals surface area contributed by atoms with Gasteiger partial charge in [-0.2, -0.15) is 0 Å². The van der Waals surface area contributed by atoms with Crippen LogP contribution in [0, 0.1) is 0 Å². The van der Waals surface area contributed by atoms with Crippen LogP contribution in [0.4, 0.5) is 0 Å². The van der Waals surface area contributed by atoms with Gasteiger partial charge >= 0.3 is 0 Å². The molecule has 1 fully saturated rings. The second-order valence-corrected chi connectivity index (χ2v) is 6.49. The van der Waals surface area contributed by atoms with Crippen LogP contribution in [0.15, 0.2) is 46.3 Å². The zero-order valence-electron chi connectivity index (χ0n) is 10.4. The molecule has 2 aromatic rings. The van der Waals surface area contributed by atoms with Gasteiger partial charge in [-0.25, -0.2) is 0 Å². The average molecular weight is 336 g/mol. The molecular formula is C15H14BrNOS. The first-order chi connectivity index (χ1) is 9.27. The maximum Gasteiger partial charge on any atom is 0.255 e. The van der Waals surface area contributed by atoms with Crippen LogP contribution in [0.25, 0.3) is 0 Å². The number of carbonyl (C=O) groups is 1. The molecule has 1 aliphatic rings. The second kappa shape index (κ2) is 5.47. The Morgan fingerprint density at radius 3 is 2.84 bits per heavy atom. The molecule has 1 amide bonds. The Kier molecular flexibility index (Phi) is 3.71. The minimum atomic E-state index is 0.128. The van der Waals surface area contributed by atoms with Crippen LogP contribution in [0.5, 0.6) is 0 Å². The molecule has 0 spiro atoms. The number of benzene rings is 1. The van der Waals surface area contributed by atoms with Crippen LogP contribution in [0.3, 0.4) is 0 Å². The Balaban J connectivity index is 1.89. The SMILES string of the molecule is O=C(c1ccccc1Br)N1CCCC1c1cccs1. The minimum Gasteiger partial charge on any atom is -0.331 e. The van der Waals surface area contributed by atoms with Gasteiger partial charge in [-0.3, -0.25) is 4.79 Å². The maximum absolute atomic E-state index is 12.7. The van der Waals surface area contributed by atoms with Crippen LogP contribution >= 0.6 is 27.3 Å². The molecule has 0 aliphatic carbocycles. The van der Waals surface area contributed by atoms with Crippen LogP contribution < -0.4 is 0 Å². The molecule has 1 aliphatic heterocycles. The number of carbonyl (C=O) groups excluding carboxylic acids is 1. The predicted octanol–water partition coefficient (Wildman–Crippen LogP) is 4.49. The molecule has 3 rings (SSSR count). The molecule has 0 saturated carbocycles. The lowest BCUT2D eigenvalue weighted by atomic mass is 10.1. The molecule has 2 nitrogen and oxygen atoms in total. The van der Waals surface area contributed by atoms with Crippen molar-refractivity contribution in [2.75, 3.05) is 6.54 Å². The van der Waals surface area contributed by atoms with Crippen molar-refractivity contribution >= 4 is 33.2 Å². The second-order valence-electron chi connectivity index (χ2n) is 4.65. The predicted molar refractivity (Wildman–Crippen MR) is 81.5 cm³/mol. The highest BCUT2D eigenvalue weighted by Gasteiger charge is 2.31. The molecule has 1 saturated heterocycles. The van der Waals surface area contributed by atoms with Gasteiger partial charge in [-0.1, -0.05) is 18.2 Å². The zero-order valence-corrected chi connectivity index (χ0v) is 12.8. The van der Waals surface area contributed by atoms with Crippen LogP contribution in [0.2, 0.25) is 0 Å². The summed E-state index contributed by atoms with van der Waals surface area (Å²) in [6.45, 7) is 0.850. The summed E-state index contributed by atoms with van der Waals surface area (Å²) in [6, 6.07) is 12.1. The van der Waals surface area contributed by atoms with E-state index in [1.165, 1.54) is 4.88 Å². The van der Waals surface area contributed by atoms with Gasteiger partial charge in [-0.15, -0.1) is 11.3 Å². The third kappa shape index (κ3) is 2.47. The summed E-state index contributed by atoms with van der Waals surface area (Å²) in [6.07, 6.45) is 2.15. The Labute approximate surface area is 125 Å². The summed E-state index contributed by atoms with van der Waals surface area (Å²) < 4.78 is 0.872. The lowest BCUT2D eigenvalue weighted by Gasteiger charge is -2.24. The molecule has 4 heteroatoms. The number of hydrogen-bond acceptors (Lipinski definition) is 2. The third-order valence-corrected chi connectivity index (χ3v) is 5.15. The van der Waals surface area contributed by atoms with Crippen molar-refractivity contribution < 1.29 is 4.79 Å². The summed E-state index contributed by atoms with van der Waals surface area (Å²) in [4.78, 5) is 16.0. The number of nitrogens with zero attached hydrogens (tertiary/aromatic N) is 1. The number of thiophene rings is 1. The molecule has 0 bridgehead atoms. The van der Waals surface area contributed by atoms with Gasteiger partial charge in [0, 0.05) is 15.9 Å². The van der Waals surface area contributed by atoms with Crippen LogP contribution in [-0.2, 0) is 0 Å². The minimum absolute atomic E-state index is 0.128. The monoisotopic (exact) mass is 335 g/mol. The fourth-order valence-electron chi connectivity index (χ4n) is 2.58. The quantitative estimate of drug-likeness (QED) is 0.791. The van der Waals surface area contributed by atoms with Gasteiger partial charge in [0.15, 0.2) is 0 Å². The Hall–Kier alpha value is -1.13. The zero-order chi connectivity index (χ0) is 13.2. The molecule has 1 aromatic carbocycles. The van der Waals surface area contributed by atoms with Gasteiger partial charge in [-0.05, 0) is 52.4 Å². The van der Waals surface area contributed by atoms with E-state index in [0.717, 1.165) is 29.4 Å². The highest BCUT2D eigenvalue weighted by molar-refractivity contribution is 9.10. The van der Waals surface area contributed by atoms with Gasteiger partial charge in [0.25, 0.3) is 5.91 Å². The van der Waals surface area contributed by atoms with Crippen molar-refractivity contribution in [3.8, 4) is 0 Å². The molecule has 1 aromatic heterocycles. The fourth-order valence-corrected chi connectivity index (χ4v) is 3.90. The van der Waals surface area contributed by atoms with Crippen LogP contribution in [0.1, 0.15) is 34.1 Å². The van der Waals surface area contributed by atoms with E-state index in [1.807, 2.05) is 29.2 Å². The summed E-state index contributed by atoms with van der Waals surface area (Å²) >= 11 is 5.20. The van der Waals surface area contributed by atoms with Crippen molar-refractivity contribution in [3.63, 3.8) is 0 Å². The molecule has 0 N–H and O–H groups in total. The van der Waals surface area contributed by atoms with E-state index in [1.54, 1.807) is 11.3 Å². The number of halogens is 1. The van der Waals surface area contributed by atoms with E-state index in [-0.39, 0.29) is 11.9 Å². The largest absolute Gasteiger partial charge is 0.331 e. The van der Waals surface area contributed by atoms with Crippen molar-refractivity contribution in [1.82, 2.24) is 4.90 Å². The Morgan fingerprint density at radius 1 is 1.26 bits per heavy atom. The first kappa shape index (κ1) is 12.9. The molecule has 98 valence electrons. The maximum atomic E-state index is 12.7. The number of rotatable bonds is 2. The molecule has 1 unspecified atom stereocenters. The summed E-state index contributed by atoms with van der Waals surface area (Å²) in [5, 5.41) is 2.08. The van der Waals surface area contributed by atoms with Crippen LogP contribution in [-0.4, -0.2) is 17.4 Å². The molecular weight excluding hydrogens is 322 g/mol. The highest BCUT2D eigenvalue weighted by atomic mass is 79.9. The first-order valence-corrected chi connectivity index (χ1v) is 8.03. The van der Waals surface area contributed by atoms with Gasteiger partial charge < -0.3 is 4.90 Å². The highest BCUT2D eigenvalue weighted by Crippen LogP contribution is 2.36. The number of likely N-dealkylation sites (tertiary alicyclic amines) is 1. The first-order valence-electron chi connectivity index (χ1n) is 6.36. The van der Waals surface area contributed by atoms with Crippen molar-refractivity contribution in [2.45, 2.75) is 18.9 Å². The Morgan fingerprint density at radius 2 is 2.11 bits per heavy atom. The summed E-state index contributed by atoms with van der Waals surface area (Å²) in [5.74, 6) is 0.128. The summed E-state index contributed by atoms with van der Waals surface area (Å²) in [5.41, 5.74) is 0.756. The average Bonchev–Trinajstić information content (AvgIpc) is 3.09. The fraction of sp³-hybridized carbons (Fsp3) is 0.267. The molecule has 0 radical (unpaired) electrons. The lowest BCUT2D eigenvalue weighted by molar-refractivity contribution is 0.0737. The van der Waals surface area contributed by atoms with Gasteiger partial charge in [0.2, 0.25) is 0 Å². The van der Waals surface area contributed by atoms with Gasteiger partial charge in [0.1, 0.15) is 0 Å². The number of hydrogen-bond donors (Lipinski definition) is 0. The summed E-state index contributed by atoms with van der Waals surface area (Å²) in [7, 11) is 0. The Bertz CT molecular complexity index is 582. The van der Waals surface area contributed by atoms with E-state index in [4.69, 9.17) is 0 Å². The normalized spacial score (nSPS) is 18.8. The van der Waals surface area contributed by atoms with Crippen molar-refractivity contribution in [3.05, 3.63) is 56.7 Å². The number of amides is 1. The topological polar surface area (TPSA) is 20.3 Å². The van der Waals surface area contributed by atoms with Crippen molar-refractivity contribution in [2.24, 2.45) is 0 Å². The lowest BCUT2D eigenvalue weighted by Crippen LogP contribution is -2.30. The third-order valence-electron chi connectivity index (χ3n) is 3.49. The van der Waals surface area contributed by atoms with E-state index in [9.17, 15) is 4.79 Å². The molecule has 2 heterocycles. The van der Waals surface area contributed by atoms with Crippen molar-refractivity contribution in [1.29, 1.82) is 0 Å². The molecule has 1 atom stereocenters. The van der Waals surface area contributed by atoms with E-state index in [0.29, 0.717) is 0 Å². The standard InChI is InChI=1S/C15H14BrNOS/c16-12-6-2-1-5-11(12)15(18)17-9-3-7-13(17)14-8-4-10-19-14/h1-2,4-6,8,10,13H,3,7,9H2. The smallest absolute Gasteiger partial charge is 0.255 e. The van der Waals surface area contributed by atoms with E-state index < -0.39 is 0 Å². The van der Waals surface area contributed by atoms with E-state index in [2.05, 4.69) is 33.4 Å². The van der Waals surface area contributed by atoms with E-state index >= 15 is 0 Å². The van der Waals surface area contributed by atoms with Gasteiger partial charge in [0.05, 0.1) is 11.6 Å². The molecule has 19 heavy (non-hydrogen) atoms.